The summed E-state index contributed by atoms with van der Waals surface area (Å²) in [5.41, 5.74) is 0.0989. The van der Waals surface area contributed by atoms with Gasteiger partial charge in [0, 0.05) is 39.8 Å². The first-order valence-electron chi connectivity index (χ1n) is 5.27. The second-order valence-corrected chi connectivity index (χ2v) is 5.85. The molecule has 4 nitrogen and oxygen atoms in total. The number of carbonyl (C=O) groups excluding carboxylic acids is 2. The minimum atomic E-state index is -1.34. The van der Waals surface area contributed by atoms with Gasteiger partial charge in [-0.1, -0.05) is 12.1 Å². The molecule has 0 aliphatic heterocycles. The van der Waals surface area contributed by atoms with E-state index in [0.29, 0.717) is 3.57 Å². The predicted molar refractivity (Wildman–Crippen MR) is 84.6 cm³/mol. The van der Waals surface area contributed by atoms with E-state index in [-0.39, 0.29) is 41.9 Å². The largest absolute Gasteiger partial charge is 0.545 e. The van der Waals surface area contributed by atoms with Gasteiger partial charge in [-0.15, -0.1) is 0 Å². The maximum absolute atomic E-state index is 12.1. The Bertz CT molecular complexity index is 470. The van der Waals surface area contributed by atoms with Crippen molar-refractivity contribution in [2.75, 3.05) is 12.0 Å². The van der Waals surface area contributed by atoms with E-state index in [2.05, 4.69) is 5.32 Å². The number of aromatic carboxylic acids is 1. The van der Waals surface area contributed by atoms with E-state index in [4.69, 9.17) is 0 Å². The molecule has 7 heteroatoms. The van der Waals surface area contributed by atoms with Gasteiger partial charge in [0.05, 0.1) is 11.5 Å². The Kier molecular flexibility index (Phi) is 8.82. The smallest absolute Gasteiger partial charge is 0.253 e. The van der Waals surface area contributed by atoms with Crippen LogP contribution in [0.1, 0.15) is 27.6 Å². The molecule has 1 aromatic carbocycles. The van der Waals surface area contributed by atoms with E-state index in [1.807, 2.05) is 35.8 Å². The van der Waals surface area contributed by atoms with Crippen molar-refractivity contribution in [3.05, 3.63) is 32.9 Å². The first-order valence-corrected chi connectivity index (χ1v) is 7.74. The Morgan fingerprint density at radius 2 is 2.11 bits per heavy atom. The Morgan fingerprint density at radius 3 is 2.63 bits per heavy atom. The number of carbonyl (C=O) groups is 2. The van der Waals surface area contributed by atoms with Crippen molar-refractivity contribution in [2.24, 2.45) is 0 Å². The molecule has 1 rings (SSSR count). The summed E-state index contributed by atoms with van der Waals surface area (Å²) in [6.45, 7) is 1.88. The van der Waals surface area contributed by atoms with Crippen LogP contribution in [0.2, 0.25) is 0 Å². The van der Waals surface area contributed by atoms with Crippen molar-refractivity contribution in [2.45, 2.75) is 13.0 Å². The standard InChI is InChI=1S/C12H14INO3S.Li/c1-7(6-18-2)14-11(15)10-8(12(16)17)4-3-5-9(10)13;/h3-5,7H,6H2,1-2H3,(H,14,15)(H,16,17);/p-1/t7-;/m0./s1. The molecular weight excluding hydrogens is 372 g/mol. The molecule has 1 radical (unpaired) electrons. The molecule has 0 saturated heterocycles. The van der Waals surface area contributed by atoms with Crippen LogP contribution in [0.5, 0.6) is 0 Å². The van der Waals surface area contributed by atoms with Crippen LogP contribution in [0.15, 0.2) is 18.2 Å². The molecule has 0 heterocycles. The molecule has 1 aromatic rings. The van der Waals surface area contributed by atoms with Crippen LogP contribution in [-0.4, -0.2) is 48.8 Å². The number of carboxylic acids is 1. The van der Waals surface area contributed by atoms with Gasteiger partial charge in [0.25, 0.3) is 5.91 Å². The van der Waals surface area contributed by atoms with E-state index < -0.39 is 5.97 Å². The average Bonchev–Trinajstić information content (AvgIpc) is 2.28. The molecule has 1 N–H and O–H groups in total. The van der Waals surface area contributed by atoms with Crippen molar-refractivity contribution in [1.29, 1.82) is 0 Å². The third-order valence-electron chi connectivity index (χ3n) is 2.25. The summed E-state index contributed by atoms with van der Waals surface area (Å²) in [5, 5.41) is 13.8. The van der Waals surface area contributed by atoms with E-state index in [0.717, 1.165) is 5.75 Å². The summed E-state index contributed by atoms with van der Waals surface area (Å²) in [6.07, 6.45) is 1.95. The molecule has 0 fully saturated rings. The number of amides is 1. The molecule has 0 bridgehead atoms. The van der Waals surface area contributed by atoms with Gasteiger partial charge in [-0.05, 0) is 41.8 Å². The average molecular weight is 385 g/mol. The summed E-state index contributed by atoms with van der Waals surface area (Å²) in [6, 6.07) is 4.65. The number of hydrogen-bond acceptors (Lipinski definition) is 4. The molecule has 1 atom stereocenters. The minimum Gasteiger partial charge on any atom is -0.545 e. The van der Waals surface area contributed by atoms with Crippen LogP contribution in [-0.2, 0) is 0 Å². The number of nitrogens with one attached hydrogen (secondary N) is 1. The fourth-order valence-corrected chi connectivity index (χ4v) is 2.84. The van der Waals surface area contributed by atoms with Crippen LogP contribution in [0.4, 0.5) is 0 Å². The minimum absolute atomic E-state index is 0. The molecule has 0 unspecified atom stereocenters. The zero-order chi connectivity index (χ0) is 13.7. The molecule has 0 aromatic heterocycles. The second kappa shape index (κ2) is 8.90. The molecule has 0 aliphatic rings. The van der Waals surface area contributed by atoms with E-state index in [9.17, 15) is 14.7 Å². The van der Waals surface area contributed by atoms with Gasteiger partial charge in [-0.25, -0.2) is 0 Å². The number of thioether (sulfide) groups is 1. The van der Waals surface area contributed by atoms with E-state index in [1.54, 1.807) is 23.9 Å². The summed E-state index contributed by atoms with van der Waals surface area (Å²) >= 11 is 3.56. The van der Waals surface area contributed by atoms with Crippen LogP contribution in [0.3, 0.4) is 0 Å². The van der Waals surface area contributed by atoms with Gasteiger partial charge < -0.3 is 15.2 Å². The summed E-state index contributed by atoms with van der Waals surface area (Å²) in [5.74, 6) is -0.938. The van der Waals surface area contributed by atoms with Crippen molar-refractivity contribution in [3.63, 3.8) is 0 Å². The van der Waals surface area contributed by atoms with Gasteiger partial charge in [-0.2, -0.15) is 11.8 Å². The predicted octanol–water partition coefficient (Wildman–Crippen LogP) is 0.755. The van der Waals surface area contributed by atoms with Crippen LogP contribution in [0.25, 0.3) is 0 Å². The normalized spacial score (nSPS) is 11.3. The first-order chi connectivity index (χ1) is 8.47. The topological polar surface area (TPSA) is 69.2 Å². The molecule has 19 heavy (non-hydrogen) atoms. The molecule has 0 saturated carbocycles. The van der Waals surface area contributed by atoms with Gasteiger partial charge in [0.1, 0.15) is 0 Å². The summed E-state index contributed by atoms with van der Waals surface area (Å²) < 4.78 is 0.600. The van der Waals surface area contributed by atoms with Crippen molar-refractivity contribution < 1.29 is 14.7 Å². The van der Waals surface area contributed by atoms with Gasteiger partial charge in [0.2, 0.25) is 0 Å². The molecule has 1 amide bonds. The maximum Gasteiger partial charge on any atom is 0.253 e. The first kappa shape index (κ1) is 18.8. The molecule has 99 valence electrons. The Hall–Kier alpha value is -0.163. The molecular formula is C12H13ILiNO3S-. The monoisotopic (exact) mass is 385 g/mol. The fraction of sp³-hybridized carbons (Fsp3) is 0.333. The Labute approximate surface area is 142 Å². The molecule has 0 aliphatic carbocycles. The Morgan fingerprint density at radius 1 is 1.47 bits per heavy atom. The number of halogens is 1. The number of rotatable bonds is 5. The zero-order valence-corrected chi connectivity index (χ0v) is 14.0. The van der Waals surface area contributed by atoms with Crippen LogP contribution >= 0.6 is 34.4 Å². The van der Waals surface area contributed by atoms with E-state index >= 15 is 0 Å². The summed E-state index contributed by atoms with van der Waals surface area (Å²) in [7, 11) is 0. The van der Waals surface area contributed by atoms with Gasteiger partial charge in [-0.3, -0.25) is 4.79 Å². The van der Waals surface area contributed by atoms with E-state index in [1.165, 1.54) is 6.07 Å². The Balaban J connectivity index is 0.00000324. The van der Waals surface area contributed by atoms with Gasteiger partial charge in [0.15, 0.2) is 0 Å². The third kappa shape index (κ3) is 5.38. The van der Waals surface area contributed by atoms with Crippen molar-refractivity contribution >= 4 is 65.1 Å². The number of benzene rings is 1. The maximum atomic E-state index is 12.1. The van der Waals surface area contributed by atoms with Gasteiger partial charge >= 0.3 is 0 Å². The number of hydrogen-bond donors (Lipinski definition) is 1. The zero-order valence-electron chi connectivity index (χ0n) is 11.0. The van der Waals surface area contributed by atoms with Crippen molar-refractivity contribution in [1.82, 2.24) is 5.32 Å². The second-order valence-electron chi connectivity index (χ2n) is 3.78. The quantitative estimate of drug-likeness (QED) is 0.600. The summed E-state index contributed by atoms with van der Waals surface area (Å²) in [4.78, 5) is 23.1. The molecule has 0 spiro atoms. The number of carboxylic acid groups (broad SMARTS) is 1. The van der Waals surface area contributed by atoms with Crippen molar-refractivity contribution in [3.8, 4) is 0 Å². The fourth-order valence-electron chi connectivity index (χ4n) is 1.51. The van der Waals surface area contributed by atoms with Crippen LogP contribution < -0.4 is 10.4 Å². The SMILES string of the molecule is CSC[C@H](C)NC(=O)c1c(I)cccc1C(=O)[O-].[Li]. The third-order valence-corrected chi connectivity index (χ3v) is 3.99. The van der Waals surface area contributed by atoms with Crippen LogP contribution in [0, 0.1) is 3.57 Å².